The molecule has 0 atom stereocenters. The lowest BCUT2D eigenvalue weighted by Gasteiger charge is -2.43. The highest BCUT2D eigenvalue weighted by Crippen LogP contribution is 2.38. The van der Waals surface area contributed by atoms with Crippen LogP contribution in [0.3, 0.4) is 0 Å². The average molecular weight is 671 g/mol. The zero-order chi connectivity index (χ0) is 34.8. The second-order valence-corrected chi connectivity index (χ2v) is 17.1. The van der Waals surface area contributed by atoms with Crippen molar-refractivity contribution in [1.29, 1.82) is 0 Å². The molecule has 0 aliphatic rings. The molecule has 3 N–H and O–H groups in total. The summed E-state index contributed by atoms with van der Waals surface area (Å²) in [5, 5.41) is 5.04. The van der Waals surface area contributed by atoms with Crippen molar-refractivity contribution in [3.8, 4) is 11.5 Å². The van der Waals surface area contributed by atoms with Crippen LogP contribution in [0.2, 0.25) is 5.04 Å². The van der Waals surface area contributed by atoms with Gasteiger partial charge in [0.15, 0.2) is 0 Å². The lowest BCUT2D eigenvalue weighted by atomic mass is 10.1. The third-order valence-electron chi connectivity index (χ3n) is 8.50. The predicted molar refractivity (Wildman–Crippen MR) is 193 cm³/mol. The summed E-state index contributed by atoms with van der Waals surface area (Å²) in [6, 6.07) is 32.1. The number of aromatic nitrogens is 4. The van der Waals surface area contributed by atoms with Crippen molar-refractivity contribution in [2.75, 3.05) is 12.4 Å². The fourth-order valence-electron chi connectivity index (χ4n) is 6.12. The summed E-state index contributed by atoms with van der Waals surface area (Å²) >= 11 is 0. The number of fused-ring (bicyclic) bond motifs is 1. The summed E-state index contributed by atoms with van der Waals surface area (Å²) in [5.41, 5.74) is 8.61. The fraction of sp³-hybridized carbons (Fsp3) is 0.184. The van der Waals surface area contributed by atoms with Crippen LogP contribution in [-0.4, -0.2) is 46.8 Å². The SMILES string of the molecule is COc1cc(C(N)=O)cc2nc(NC(=O)c3cnc(C)cn3)n(Cc3ccc(O[Si](c4ccccc4)(c4ccccc4)C(C)(C)C)cc3)c12. The Labute approximate surface area is 286 Å². The van der Waals surface area contributed by atoms with Gasteiger partial charge in [0.05, 0.1) is 31.1 Å². The number of nitrogens with one attached hydrogen (secondary N) is 1. The summed E-state index contributed by atoms with van der Waals surface area (Å²) in [7, 11) is -1.32. The first-order valence-corrected chi connectivity index (χ1v) is 17.8. The second-order valence-electron chi connectivity index (χ2n) is 12.8. The summed E-state index contributed by atoms with van der Waals surface area (Å²) in [6.45, 7) is 8.84. The van der Waals surface area contributed by atoms with Crippen LogP contribution in [0.1, 0.15) is 52.9 Å². The average Bonchev–Trinajstić information content (AvgIpc) is 3.44. The maximum Gasteiger partial charge on any atom is 0.319 e. The molecule has 0 saturated carbocycles. The van der Waals surface area contributed by atoms with Crippen LogP contribution in [-0.2, 0) is 6.54 Å². The molecule has 6 aromatic rings. The number of nitrogens with zero attached hydrogens (tertiary/aromatic N) is 4. The van der Waals surface area contributed by atoms with E-state index in [1.807, 2.05) is 41.0 Å². The Morgan fingerprint density at radius 2 is 1.51 bits per heavy atom. The van der Waals surface area contributed by atoms with Gasteiger partial charge in [0, 0.05) is 11.8 Å². The van der Waals surface area contributed by atoms with E-state index in [1.54, 1.807) is 19.1 Å². The lowest BCUT2D eigenvalue weighted by molar-refractivity contribution is 0.0996. The second kappa shape index (κ2) is 13.4. The first-order valence-electron chi connectivity index (χ1n) is 15.9. The van der Waals surface area contributed by atoms with E-state index < -0.39 is 20.1 Å². The number of anilines is 1. The Balaban J connectivity index is 1.39. The van der Waals surface area contributed by atoms with Crippen LogP contribution in [0.5, 0.6) is 11.5 Å². The third kappa shape index (κ3) is 6.52. The molecule has 2 heterocycles. The largest absolute Gasteiger partial charge is 0.534 e. The molecule has 0 aliphatic carbocycles. The summed E-state index contributed by atoms with van der Waals surface area (Å²) in [4.78, 5) is 38.4. The smallest absolute Gasteiger partial charge is 0.319 e. The van der Waals surface area contributed by atoms with Crippen LogP contribution < -0.4 is 30.6 Å². The minimum absolute atomic E-state index is 0.138. The van der Waals surface area contributed by atoms with Crippen molar-refractivity contribution in [3.05, 3.63) is 132 Å². The number of carbonyl (C=O) groups is 2. The molecule has 0 fully saturated rings. The van der Waals surface area contributed by atoms with Gasteiger partial charge in [0.2, 0.25) is 11.9 Å². The van der Waals surface area contributed by atoms with Gasteiger partial charge in [-0.15, -0.1) is 0 Å². The number of primary amides is 1. The molecule has 0 radical (unpaired) electrons. The van der Waals surface area contributed by atoms with Crippen molar-refractivity contribution < 1.29 is 18.8 Å². The maximum atomic E-state index is 13.2. The van der Waals surface area contributed by atoms with E-state index in [2.05, 4.69) is 89.6 Å². The Morgan fingerprint density at radius 1 is 0.878 bits per heavy atom. The molecule has 0 spiro atoms. The molecule has 0 unspecified atom stereocenters. The Morgan fingerprint density at radius 3 is 2.04 bits per heavy atom. The van der Waals surface area contributed by atoms with Crippen LogP contribution in [0.15, 0.2) is 109 Å². The van der Waals surface area contributed by atoms with E-state index in [9.17, 15) is 9.59 Å². The molecule has 2 aromatic heterocycles. The van der Waals surface area contributed by atoms with E-state index in [0.717, 1.165) is 11.3 Å². The van der Waals surface area contributed by atoms with Crippen molar-refractivity contribution in [2.45, 2.75) is 39.3 Å². The van der Waals surface area contributed by atoms with Crippen LogP contribution in [0, 0.1) is 6.92 Å². The first-order chi connectivity index (χ1) is 23.5. The number of aryl methyl sites for hydroxylation is 1. The zero-order valence-corrected chi connectivity index (χ0v) is 29.1. The number of benzene rings is 4. The molecule has 0 aliphatic heterocycles. The molecule has 10 nitrogen and oxygen atoms in total. The first kappa shape index (κ1) is 33.1. The quantitative estimate of drug-likeness (QED) is 0.184. The van der Waals surface area contributed by atoms with Crippen molar-refractivity contribution in [3.63, 3.8) is 0 Å². The highest BCUT2D eigenvalue weighted by atomic mass is 28.4. The molecular formula is C38H38N6O4Si. The number of rotatable bonds is 10. The monoisotopic (exact) mass is 670 g/mol. The minimum atomic E-state index is -2.83. The Bertz CT molecular complexity index is 2070. The summed E-state index contributed by atoms with van der Waals surface area (Å²) in [6.07, 6.45) is 2.93. The molecular weight excluding hydrogens is 633 g/mol. The van der Waals surface area contributed by atoms with Gasteiger partial charge in [0.1, 0.15) is 22.7 Å². The number of amides is 2. The molecule has 0 bridgehead atoms. The van der Waals surface area contributed by atoms with Gasteiger partial charge in [-0.1, -0.05) is 93.6 Å². The topological polar surface area (TPSA) is 134 Å². The van der Waals surface area contributed by atoms with Crippen molar-refractivity contribution >= 4 is 47.5 Å². The van der Waals surface area contributed by atoms with Crippen LogP contribution in [0.4, 0.5) is 5.95 Å². The summed E-state index contributed by atoms with van der Waals surface area (Å²) in [5.74, 6) is 0.290. The van der Waals surface area contributed by atoms with E-state index in [-0.39, 0.29) is 22.2 Å². The molecule has 2 amide bonds. The van der Waals surface area contributed by atoms with Crippen molar-refractivity contribution in [2.24, 2.45) is 5.73 Å². The standard InChI is InChI=1S/C38H38N6O4Si/c1-25-22-41-32(23-40-25)36(46)43-37-42-31-20-27(35(39)45)21-33(47-5)34(31)44(37)24-26-16-18-28(19-17-26)48-49(38(2,3)4,29-12-8-6-9-13-29)30-14-10-7-11-15-30/h6-23H,24H2,1-5H3,(H2,39,45)(H,42,43,46). The normalized spacial score (nSPS) is 11.7. The lowest BCUT2D eigenvalue weighted by Crippen LogP contribution is -2.68. The van der Waals surface area contributed by atoms with Gasteiger partial charge in [0.25, 0.3) is 5.91 Å². The number of hydrogen-bond acceptors (Lipinski definition) is 7. The van der Waals surface area contributed by atoms with Gasteiger partial charge in [-0.05, 0) is 52.2 Å². The van der Waals surface area contributed by atoms with E-state index in [4.69, 9.17) is 14.9 Å². The molecule has 248 valence electrons. The van der Waals surface area contributed by atoms with Gasteiger partial charge in [-0.2, -0.15) is 0 Å². The van der Waals surface area contributed by atoms with Gasteiger partial charge < -0.3 is 19.5 Å². The van der Waals surface area contributed by atoms with Crippen molar-refractivity contribution in [1.82, 2.24) is 19.5 Å². The highest BCUT2D eigenvalue weighted by Gasteiger charge is 2.52. The van der Waals surface area contributed by atoms with Gasteiger partial charge >= 0.3 is 8.32 Å². The van der Waals surface area contributed by atoms with Crippen LogP contribution >= 0.6 is 0 Å². The van der Waals surface area contributed by atoms with Crippen LogP contribution in [0.25, 0.3) is 11.0 Å². The Kier molecular flexibility index (Phi) is 9.03. The number of nitrogens with two attached hydrogens (primary N) is 1. The van der Waals surface area contributed by atoms with E-state index >= 15 is 0 Å². The zero-order valence-electron chi connectivity index (χ0n) is 28.1. The number of ether oxygens (including phenoxy) is 1. The Hall–Kier alpha value is -5.81. The number of hydrogen-bond donors (Lipinski definition) is 2. The fourth-order valence-corrected chi connectivity index (χ4v) is 10.5. The number of methoxy groups -OCH3 is 1. The van der Waals surface area contributed by atoms with E-state index in [1.165, 1.54) is 29.9 Å². The number of imidazole rings is 1. The van der Waals surface area contributed by atoms with Gasteiger partial charge in [-0.25, -0.2) is 9.97 Å². The molecule has 49 heavy (non-hydrogen) atoms. The third-order valence-corrected chi connectivity index (χ3v) is 13.4. The molecule has 4 aromatic carbocycles. The van der Waals surface area contributed by atoms with Gasteiger partial charge in [-0.3, -0.25) is 19.9 Å². The molecule has 11 heteroatoms. The predicted octanol–water partition coefficient (Wildman–Crippen LogP) is 5.48. The maximum absolute atomic E-state index is 13.2. The highest BCUT2D eigenvalue weighted by molar-refractivity contribution is 7.00. The summed E-state index contributed by atoms with van der Waals surface area (Å²) < 4.78 is 14.7. The molecule has 0 saturated heterocycles. The van der Waals surface area contributed by atoms with E-state index in [0.29, 0.717) is 29.0 Å². The molecule has 6 rings (SSSR count). The minimum Gasteiger partial charge on any atom is -0.534 e. The number of carbonyl (C=O) groups excluding carboxylic acids is 2.